The lowest BCUT2D eigenvalue weighted by molar-refractivity contribution is -0.110. The van der Waals surface area contributed by atoms with Crippen molar-refractivity contribution in [1.82, 2.24) is 0 Å². The quantitative estimate of drug-likeness (QED) is 0.503. The predicted octanol–water partition coefficient (Wildman–Crippen LogP) is 5.65. The van der Waals surface area contributed by atoms with Crippen LogP contribution in [-0.4, -0.2) is 14.3 Å². The normalized spacial score (nSPS) is 15.1. The molecule has 5 nitrogen and oxygen atoms in total. The first-order valence-corrected chi connectivity index (χ1v) is 12.2. The van der Waals surface area contributed by atoms with Crippen LogP contribution in [-0.2, 0) is 20.2 Å². The first-order valence-electron chi connectivity index (χ1n) is 9.90. The van der Waals surface area contributed by atoms with Crippen LogP contribution in [0.4, 0.5) is 11.4 Å². The Bertz CT molecular complexity index is 1300. The van der Waals surface area contributed by atoms with E-state index in [4.69, 9.17) is 0 Å². The molecule has 1 aliphatic rings. The number of thiophene rings is 1. The van der Waals surface area contributed by atoms with Crippen LogP contribution in [0.5, 0.6) is 0 Å². The molecule has 0 saturated carbocycles. The van der Waals surface area contributed by atoms with Crippen molar-refractivity contribution < 1.29 is 13.2 Å². The Balaban J connectivity index is 1.65. The summed E-state index contributed by atoms with van der Waals surface area (Å²) >= 11 is 1.58. The molecule has 31 heavy (non-hydrogen) atoms. The summed E-state index contributed by atoms with van der Waals surface area (Å²) < 4.78 is 28.6. The van der Waals surface area contributed by atoms with Gasteiger partial charge in [0.2, 0.25) is 0 Å². The van der Waals surface area contributed by atoms with Crippen molar-refractivity contribution in [2.45, 2.75) is 38.0 Å². The maximum atomic E-state index is 13.0. The molecule has 0 spiro atoms. The molecule has 1 aliphatic heterocycles. The summed E-state index contributed by atoms with van der Waals surface area (Å²) in [4.78, 5) is 14.7. The summed E-state index contributed by atoms with van der Waals surface area (Å²) in [5, 5.41) is 2.81. The maximum Gasteiger partial charge on any atom is 0.261 e. The van der Waals surface area contributed by atoms with Gasteiger partial charge in [-0.05, 0) is 66.4 Å². The molecule has 1 amide bonds. The van der Waals surface area contributed by atoms with Crippen molar-refractivity contribution >= 4 is 50.3 Å². The molecule has 0 unspecified atom stereocenters. The zero-order valence-corrected chi connectivity index (χ0v) is 19.4. The first kappa shape index (κ1) is 21.3. The zero-order valence-electron chi connectivity index (χ0n) is 17.8. The van der Waals surface area contributed by atoms with E-state index >= 15 is 0 Å². The van der Waals surface area contributed by atoms with E-state index in [1.165, 1.54) is 6.07 Å². The van der Waals surface area contributed by atoms with Crippen molar-refractivity contribution in [2.75, 3.05) is 10.0 Å². The smallest absolute Gasteiger partial charge is 0.261 e. The summed E-state index contributed by atoms with van der Waals surface area (Å²) in [6, 6.07) is 16.0. The van der Waals surface area contributed by atoms with E-state index < -0.39 is 10.0 Å². The molecule has 4 rings (SSSR count). The fourth-order valence-corrected chi connectivity index (χ4v) is 5.31. The number of carbonyl (C=O) groups excluding carboxylic acids is 1. The van der Waals surface area contributed by atoms with Crippen LogP contribution in [0.1, 0.15) is 41.7 Å². The average molecular weight is 453 g/mol. The molecular weight excluding hydrogens is 428 g/mol. The third-order valence-electron chi connectivity index (χ3n) is 5.14. The molecule has 2 N–H and O–H groups in total. The van der Waals surface area contributed by atoms with Gasteiger partial charge in [-0.3, -0.25) is 9.52 Å². The van der Waals surface area contributed by atoms with Crippen LogP contribution in [0.3, 0.4) is 0 Å². The summed E-state index contributed by atoms with van der Waals surface area (Å²) in [6.45, 7) is 8.32. The first-order chi connectivity index (χ1) is 14.5. The topological polar surface area (TPSA) is 75.3 Å². The number of sulfonamides is 1. The Hall–Kier alpha value is -2.90. The predicted molar refractivity (Wildman–Crippen MR) is 128 cm³/mol. The second-order valence-corrected chi connectivity index (χ2v) is 11.6. The summed E-state index contributed by atoms with van der Waals surface area (Å²) in [7, 11) is -3.81. The van der Waals surface area contributed by atoms with Gasteiger partial charge in [0.05, 0.1) is 10.5 Å². The number of nitrogens with one attached hydrogen (secondary N) is 2. The number of amides is 1. The van der Waals surface area contributed by atoms with Gasteiger partial charge in [0.1, 0.15) is 0 Å². The molecule has 3 aromatic rings. The van der Waals surface area contributed by atoms with Crippen LogP contribution >= 0.6 is 11.3 Å². The van der Waals surface area contributed by atoms with E-state index in [0.717, 1.165) is 15.3 Å². The van der Waals surface area contributed by atoms with Crippen molar-refractivity contribution in [3.8, 4) is 0 Å². The van der Waals surface area contributed by atoms with Crippen LogP contribution in [0.2, 0.25) is 0 Å². The largest absolute Gasteiger partial charge is 0.321 e. The zero-order chi connectivity index (χ0) is 22.4. The molecular formula is C24H24N2O3S2. The molecule has 0 saturated heterocycles. The number of aryl methyl sites for hydroxylation is 1. The lowest BCUT2D eigenvalue weighted by Gasteiger charge is -2.19. The van der Waals surface area contributed by atoms with Crippen LogP contribution < -0.4 is 10.0 Å². The Morgan fingerprint density at radius 1 is 1.00 bits per heavy atom. The van der Waals surface area contributed by atoms with Gasteiger partial charge in [-0.25, -0.2) is 8.42 Å². The van der Waals surface area contributed by atoms with Crippen molar-refractivity contribution in [3.05, 3.63) is 75.5 Å². The Morgan fingerprint density at radius 2 is 1.71 bits per heavy atom. The van der Waals surface area contributed by atoms with E-state index in [1.54, 1.807) is 41.7 Å². The molecule has 0 fully saturated rings. The highest BCUT2D eigenvalue weighted by atomic mass is 32.2. The van der Waals surface area contributed by atoms with Gasteiger partial charge in [0.15, 0.2) is 0 Å². The standard InChI is InChI=1S/C24H24N2O3S2/c1-15-5-10-18(30-15)13-21-20-14-19(11-12-22(20)25-23(21)27)31(28,29)26-17-8-6-16(7-9-17)24(2,3)4/h5-14,26H,1-4H3,(H,25,27)/b21-13-. The monoisotopic (exact) mass is 452 g/mol. The number of hydrogen-bond donors (Lipinski definition) is 2. The lowest BCUT2D eigenvalue weighted by Crippen LogP contribution is -2.14. The molecule has 0 bridgehead atoms. The van der Waals surface area contributed by atoms with Gasteiger partial charge in [-0.1, -0.05) is 32.9 Å². The molecule has 0 radical (unpaired) electrons. The highest BCUT2D eigenvalue weighted by Crippen LogP contribution is 2.36. The Kier molecular flexibility index (Phi) is 5.27. The second-order valence-electron chi connectivity index (χ2n) is 8.60. The minimum absolute atomic E-state index is 0.0131. The second kappa shape index (κ2) is 7.66. The van der Waals surface area contributed by atoms with E-state index in [-0.39, 0.29) is 16.2 Å². The van der Waals surface area contributed by atoms with Gasteiger partial charge in [-0.15, -0.1) is 11.3 Å². The van der Waals surface area contributed by atoms with Crippen molar-refractivity contribution in [1.29, 1.82) is 0 Å². The Morgan fingerprint density at radius 3 is 2.32 bits per heavy atom. The number of fused-ring (bicyclic) bond motifs is 1. The van der Waals surface area contributed by atoms with Crippen LogP contribution in [0.25, 0.3) is 11.6 Å². The third kappa shape index (κ3) is 4.43. The van der Waals surface area contributed by atoms with Gasteiger partial charge >= 0.3 is 0 Å². The summed E-state index contributed by atoms with van der Waals surface area (Å²) in [5.41, 5.74) is 3.26. The molecule has 0 aliphatic carbocycles. The minimum atomic E-state index is -3.81. The van der Waals surface area contributed by atoms with Gasteiger partial charge in [0.25, 0.3) is 15.9 Å². The molecule has 7 heteroatoms. The Labute approximate surface area is 186 Å². The van der Waals surface area contributed by atoms with E-state index in [9.17, 15) is 13.2 Å². The van der Waals surface area contributed by atoms with Crippen LogP contribution in [0.15, 0.2) is 59.5 Å². The number of rotatable bonds is 4. The van der Waals surface area contributed by atoms with E-state index in [1.807, 2.05) is 31.2 Å². The van der Waals surface area contributed by atoms with Gasteiger partial charge < -0.3 is 5.32 Å². The van der Waals surface area contributed by atoms with Crippen molar-refractivity contribution in [2.24, 2.45) is 0 Å². The fraction of sp³-hybridized carbons (Fsp3) is 0.208. The number of hydrogen-bond acceptors (Lipinski definition) is 4. The SMILES string of the molecule is Cc1ccc(/C=C2\C(=O)Nc3ccc(S(=O)(=O)Nc4ccc(C(C)(C)C)cc4)cc32)s1. The van der Waals surface area contributed by atoms with E-state index in [2.05, 4.69) is 30.8 Å². The minimum Gasteiger partial charge on any atom is -0.321 e. The number of anilines is 2. The summed E-state index contributed by atoms with van der Waals surface area (Å²) in [6.07, 6.45) is 1.80. The fourth-order valence-electron chi connectivity index (χ4n) is 3.40. The molecule has 1 aromatic heterocycles. The molecule has 2 heterocycles. The highest BCUT2D eigenvalue weighted by molar-refractivity contribution is 7.92. The van der Waals surface area contributed by atoms with Gasteiger partial charge in [-0.2, -0.15) is 0 Å². The lowest BCUT2D eigenvalue weighted by atomic mass is 9.87. The molecule has 160 valence electrons. The van der Waals surface area contributed by atoms with Crippen molar-refractivity contribution in [3.63, 3.8) is 0 Å². The maximum absolute atomic E-state index is 13.0. The van der Waals surface area contributed by atoms with Gasteiger partial charge in [0, 0.05) is 26.7 Å². The highest BCUT2D eigenvalue weighted by Gasteiger charge is 2.27. The van der Waals surface area contributed by atoms with E-state index in [0.29, 0.717) is 22.5 Å². The number of benzene rings is 2. The van der Waals surface area contributed by atoms with Crippen LogP contribution in [0, 0.1) is 6.92 Å². The third-order valence-corrected chi connectivity index (χ3v) is 7.46. The average Bonchev–Trinajstić information content (AvgIpc) is 3.24. The molecule has 0 atom stereocenters. The summed E-state index contributed by atoms with van der Waals surface area (Å²) in [5.74, 6) is -0.235. The number of carbonyl (C=O) groups is 1. The molecule has 2 aromatic carbocycles.